The van der Waals surface area contributed by atoms with Crippen molar-refractivity contribution in [3.63, 3.8) is 0 Å². The SMILES string of the molecule is Bc1ccc(OC(F)F)cc1. The molecule has 11 heavy (non-hydrogen) atoms. The van der Waals surface area contributed by atoms with Crippen molar-refractivity contribution in [2.45, 2.75) is 6.61 Å². The highest BCUT2D eigenvalue weighted by molar-refractivity contribution is 6.32. The number of benzene rings is 1. The molecule has 0 saturated heterocycles. The van der Waals surface area contributed by atoms with Crippen LogP contribution in [0.4, 0.5) is 8.78 Å². The fourth-order valence-corrected chi connectivity index (χ4v) is 0.720. The Labute approximate surface area is 64.4 Å². The Bertz CT molecular complexity index is 222. The zero-order valence-corrected chi connectivity index (χ0v) is 6.05. The predicted octanol–water partition coefficient (Wildman–Crippen LogP) is 0.546. The molecule has 0 radical (unpaired) electrons. The molecule has 0 amide bonds. The minimum absolute atomic E-state index is 0.200. The third-order valence-corrected chi connectivity index (χ3v) is 1.25. The normalized spacial score (nSPS) is 10.1. The summed E-state index contributed by atoms with van der Waals surface area (Å²) in [4.78, 5) is 0. The Balaban J connectivity index is 2.66. The minimum atomic E-state index is -2.74. The van der Waals surface area contributed by atoms with Gasteiger partial charge in [0.1, 0.15) is 13.6 Å². The first-order chi connectivity index (χ1) is 5.18. The summed E-state index contributed by atoms with van der Waals surface area (Å²) in [6, 6.07) is 6.47. The summed E-state index contributed by atoms with van der Waals surface area (Å²) in [5.74, 6) is 0.200. The fourth-order valence-electron chi connectivity index (χ4n) is 0.720. The van der Waals surface area contributed by atoms with E-state index >= 15 is 0 Å². The van der Waals surface area contributed by atoms with Crippen molar-refractivity contribution in [3.05, 3.63) is 24.3 Å². The van der Waals surface area contributed by atoms with Gasteiger partial charge in [-0.2, -0.15) is 8.78 Å². The Hall–Kier alpha value is -1.06. The Kier molecular flexibility index (Phi) is 2.46. The Morgan fingerprint density at radius 1 is 1.18 bits per heavy atom. The van der Waals surface area contributed by atoms with E-state index in [1.165, 1.54) is 12.1 Å². The molecule has 0 saturated carbocycles. The van der Waals surface area contributed by atoms with Crippen LogP contribution in [0.1, 0.15) is 0 Å². The summed E-state index contributed by atoms with van der Waals surface area (Å²) in [6.07, 6.45) is 0. The maximum atomic E-state index is 11.6. The fraction of sp³-hybridized carbons (Fsp3) is 0.143. The lowest BCUT2D eigenvalue weighted by Crippen LogP contribution is -2.04. The van der Waals surface area contributed by atoms with Crippen LogP contribution in [-0.2, 0) is 0 Å². The maximum absolute atomic E-state index is 11.6. The number of halogens is 2. The Morgan fingerprint density at radius 3 is 2.18 bits per heavy atom. The van der Waals surface area contributed by atoms with Crippen LogP contribution in [0.3, 0.4) is 0 Å². The first-order valence-electron chi connectivity index (χ1n) is 3.20. The van der Waals surface area contributed by atoms with Gasteiger partial charge >= 0.3 is 6.61 Å². The summed E-state index contributed by atoms with van der Waals surface area (Å²) in [5, 5.41) is 0. The predicted molar refractivity (Wildman–Crippen MR) is 41.3 cm³/mol. The van der Waals surface area contributed by atoms with Gasteiger partial charge in [-0.1, -0.05) is 17.6 Å². The highest BCUT2D eigenvalue weighted by Crippen LogP contribution is 2.10. The lowest BCUT2D eigenvalue weighted by Gasteiger charge is -2.03. The van der Waals surface area contributed by atoms with Crippen LogP contribution in [-0.4, -0.2) is 14.5 Å². The number of rotatable bonds is 2. The molecular formula is C7H7BF2O. The molecule has 0 aliphatic heterocycles. The summed E-state index contributed by atoms with van der Waals surface area (Å²) in [7, 11) is 1.88. The van der Waals surface area contributed by atoms with Gasteiger partial charge in [0, 0.05) is 0 Å². The van der Waals surface area contributed by atoms with Crippen LogP contribution in [0.5, 0.6) is 5.75 Å². The summed E-state index contributed by atoms with van der Waals surface area (Å²) in [5.41, 5.74) is 1.02. The summed E-state index contributed by atoms with van der Waals surface area (Å²) in [6.45, 7) is -2.74. The third kappa shape index (κ3) is 2.57. The number of alkyl halides is 2. The lowest BCUT2D eigenvalue weighted by atomic mass is 9.97. The van der Waals surface area contributed by atoms with E-state index in [0.717, 1.165) is 5.46 Å². The molecule has 4 heteroatoms. The number of hydrogen-bond donors (Lipinski definition) is 0. The van der Waals surface area contributed by atoms with E-state index in [4.69, 9.17) is 0 Å². The molecule has 1 nitrogen and oxygen atoms in total. The monoisotopic (exact) mass is 156 g/mol. The highest BCUT2D eigenvalue weighted by atomic mass is 19.3. The number of hydrogen-bond acceptors (Lipinski definition) is 1. The smallest absolute Gasteiger partial charge is 0.387 e. The lowest BCUT2D eigenvalue weighted by molar-refractivity contribution is -0.0498. The Morgan fingerprint density at radius 2 is 1.73 bits per heavy atom. The third-order valence-electron chi connectivity index (χ3n) is 1.25. The van der Waals surface area contributed by atoms with Crippen LogP contribution < -0.4 is 10.2 Å². The molecule has 0 bridgehead atoms. The van der Waals surface area contributed by atoms with Crippen LogP contribution in [0.15, 0.2) is 24.3 Å². The maximum Gasteiger partial charge on any atom is 0.387 e. The topological polar surface area (TPSA) is 9.23 Å². The minimum Gasteiger partial charge on any atom is -0.435 e. The van der Waals surface area contributed by atoms with Crippen LogP contribution in [0.2, 0.25) is 0 Å². The van der Waals surface area contributed by atoms with Crippen molar-refractivity contribution < 1.29 is 13.5 Å². The van der Waals surface area contributed by atoms with Gasteiger partial charge in [0.25, 0.3) is 0 Å². The van der Waals surface area contributed by atoms with Gasteiger partial charge < -0.3 is 4.74 Å². The van der Waals surface area contributed by atoms with Crippen molar-refractivity contribution in [1.29, 1.82) is 0 Å². The van der Waals surface area contributed by atoms with E-state index in [0.29, 0.717) is 0 Å². The molecule has 0 spiro atoms. The van der Waals surface area contributed by atoms with Gasteiger partial charge in [0.2, 0.25) is 0 Å². The molecule has 0 N–H and O–H groups in total. The molecule has 0 heterocycles. The van der Waals surface area contributed by atoms with Gasteiger partial charge in [-0.15, -0.1) is 0 Å². The van der Waals surface area contributed by atoms with E-state index in [2.05, 4.69) is 4.74 Å². The first-order valence-corrected chi connectivity index (χ1v) is 3.20. The van der Waals surface area contributed by atoms with Gasteiger partial charge in [-0.25, -0.2) is 0 Å². The molecule has 0 atom stereocenters. The summed E-state index contributed by atoms with van der Waals surface area (Å²) < 4.78 is 27.3. The van der Waals surface area contributed by atoms with Gasteiger partial charge in [-0.3, -0.25) is 0 Å². The van der Waals surface area contributed by atoms with E-state index in [-0.39, 0.29) is 5.75 Å². The molecule has 1 aromatic rings. The zero-order chi connectivity index (χ0) is 8.27. The van der Waals surface area contributed by atoms with E-state index in [1.807, 2.05) is 7.85 Å². The van der Waals surface area contributed by atoms with Crippen molar-refractivity contribution in [1.82, 2.24) is 0 Å². The van der Waals surface area contributed by atoms with E-state index < -0.39 is 6.61 Å². The van der Waals surface area contributed by atoms with Crippen molar-refractivity contribution in [2.75, 3.05) is 0 Å². The van der Waals surface area contributed by atoms with Crippen LogP contribution in [0.25, 0.3) is 0 Å². The quantitative estimate of drug-likeness (QED) is 0.568. The van der Waals surface area contributed by atoms with E-state index in [1.54, 1.807) is 12.1 Å². The molecule has 1 rings (SSSR count). The van der Waals surface area contributed by atoms with Crippen LogP contribution >= 0.6 is 0 Å². The van der Waals surface area contributed by atoms with Crippen molar-refractivity contribution in [3.8, 4) is 5.75 Å². The van der Waals surface area contributed by atoms with Gasteiger partial charge in [0.05, 0.1) is 0 Å². The molecule has 0 fully saturated rings. The highest BCUT2D eigenvalue weighted by Gasteiger charge is 2.01. The van der Waals surface area contributed by atoms with Crippen molar-refractivity contribution in [2.24, 2.45) is 0 Å². The largest absolute Gasteiger partial charge is 0.435 e. The zero-order valence-electron chi connectivity index (χ0n) is 6.05. The van der Waals surface area contributed by atoms with Gasteiger partial charge in [0.15, 0.2) is 0 Å². The second-order valence-corrected chi connectivity index (χ2v) is 2.19. The first kappa shape index (κ1) is 8.05. The molecule has 1 aromatic carbocycles. The average molecular weight is 156 g/mol. The molecular weight excluding hydrogens is 149 g/mol. The second kappa shape index (κ2) is 3.37. The molecule has 58 valence electrons. The molecule has 0 aliphatic carbocycles. The average Bonchev–Trinajstić information content (AvgIpc) is 1.93. The van der Waals surface area contributed by atoms with Crippen LogP contribution in [0, 0.1) is 0 Å². The van der Waals surface area contributed by atoms with E-state index in [9.17, 15) is 8.78 Å². The van der Waals surface area contributed by atoms with Gasteiger partial charge in [-0.05, 0) is 12.1 Å². The molecule has 0 unspecified atom stereocenters. The standard InChI is InChI=1S/C7H7BF2O/c8-5-1-3-6(4-2-5)11-7(9)10/h1-4,7H,8H2. The molecule has 0 aliphatic rings. The van der Waals surface area contributed by atoms with Crippen molar-refractivity contribution >= 4 is 13.3 Å². The summed E-state index contributed by atoms with van der Waals surface area (Å²) >= 11 is 0. The number of ether oxygens (including phenoxy) is 1. The molecule has 0 aromatic heterocycles. The second-order valence-electron chi connectivity index (χ2n) is 2.19.